The third kappa shape index (κ3) is 19.0. The molecule has 0 bridgehead atoms. The molecule has 152 valence electrons. The topological polar surface area (TPSA) is 69.4 Å². The average molecular weight is 368 g/mol. The van der Waals surface area contributed by atoms with E-state index in [1.165, 1.54) is 77.0 Å². The Morgan fingerprint density at radius 2 is 1.12 bits per heavy atom. The fraction of sp³-hybridized carbons (Fsp3) is 0.818. The fourth-order valence-corrected chi connectivity index (χ4v) is 3.02. The van der Waals surface area contributed by atoms with Gasteiger partial charge >= 0.3 is 11.9 Å². The summed E-state index contributed by atoms with van der Waals surface area (Å²) in [5.74, 6) is -1.13. The minimum absolute atomic E-state index is 0.307. The van der Waals surface area contributed by atoms with Crippen molar-refractivity contribution in [2.45, 2.75) is 117 Å². The average Bonchev–Trinajstić information content (AvgIpc) is 2.57. The molecule has 0 amide bonds. The van der Waals surface area contributed by atoms with E-state index in [0.717, 1.165) is 25.3 Å². The molecule has 0 aliphatic rings. The van der Waals surface area contributed by atoms with Gasteiger partial charge in [0.25, 0.3) is 0 Å². The molecule has 0 aliphatic heterocycles. The van der Waals surface area contributed by atoms with Crippen LogP contribution in [0.5, 0.6) is 0 Å². The molecule has 0 radical (unpaired) electrons. The van der Waals surface area contributed by atoms with Crippen LogP contribution < -0.4 is 5.73 Å². The lowest BCUT2D eigenvalue weighted by atomic mass is 10.0. The van der Waals surface area contributed by atoms with Crippen LogP contribution in [0.4, 0.5) is 0 Å². The second-order valence-electron chi connectivity index (χ2n) is 7.38. The lowest BCUT2D eigenvalue weighted by Crippen LogP contribution is -2.11. The molecule has 4 heteroatoms. The number of carbonyl (C=O) groups is 2. The number of ether oxygens (including phenoxy) is 1. The van der Waals surface area contributed by atoms with E-state index >= 15 is 0 Å². The third-order valence-electron chi connectivity index (χ3n) is 4.54. The summed E-state index contributed by atoms with van der Waals surface area (Å²) in [5.41, 5.74) is 5.70. The molecule has 4 nitrogen and oxygen atoms in total. The lowest BCUT2D eigenvalue weighted by Gasteiger charge is -2.03. The summed E-state index contributed by atoms with van der Waals surface area (Å²) in [6, 6.07) is 0. The highest BCUT2D eigenvalue weighted by atomic mass is 16.6. The van der Waals surface area contributed by atoms with E-state index in [1.54, 1.807) is 6.92 Å². The molecular formula is C22H41NO3. The van der Waals surface area contributed by atoms with Gasteiger partial charge in [-0.05, 0) is 13.3 Å². The monoisotopic (exact) mass is 367 g/mol. The van der Waals surface area contributed by atoms with E-state index in [2.05, 4.69) is 11.7 Å². The van der Waals surface area contributed by atoms with Crippen molar-refractivity contribution in [1.82, 2.24) is 0 Å². The van der Waals surface area contributed by atoms with Crippen molar-refractivity contribution in [2.75, 3.05) is 0 Å². The zero-order valence-corrected chi connectivity index (χ0v) is 17.2. The van der Waals surface area contributed by atoms with Crippen LogP contribution in [-0.2, 0) is 14.3 Å². The highest BCUT2D eigenvalue weighted by Gasteiger charge is 2.07. The number of rotatable bonds is 17. The van der Waals surface area contributed by atoms with Crippen molar-refractivity contribution in [2.24, 2.45) is 5.73 Å². The van der Waals surface area contributed by atoms with E-state index in [-0.39, 0.29) is 0 Å². The van der Waals surface area contributed by atoms with Gasteiger partial charge in [-0.1, -0.05) is 96.8 Å². The molecule has 0 fully saturated rings. The van der Waals surface area contributed by atoms with Gasteiger partial charge in [0, 0.05) is 18.2 Å². The predicted octanol–water partition coefficient (Wildman–Crippen LogP) is 6.18. The molecule has 0 rings (SSSR count). The Balaban J connectivity index is 3.25. The number of hydrogen-bond donors (Lipinski definition) is 1. The van der Waals surface area contributed by atoms with Crippen molar-refractivity contribution in [3.8, 4) is 0 Å². The van der Waals surface area contributed by atoms with Gasteiger partial charge in [0.1, 0.15) is 0 Å². The number of allylic oxidation sites excluding steroid dienone is 1. The largest absolute Gasteiger partial charge is 0.402 e. The smallest absolute Gasteiger partial charge is 0.340 e. The summed E-state index contributed by atoms with van der Waals surface area (Å²) in [5, 5.41) is 0. The number of unbranched alkanes of at least 4 members (excludes halogenated alkanes) is 14. The molecule has 0 saturated carbocycles. The fourth-order valence-electron chi connectivity index (χ4n) is 3.02. The van der Waals surface area contributed by atoms with Crippen LogP contribution in [0.1, 0.15) is 117 Å². The number of hydrogen-bond acceptors (Lipinski definition) is 4. The van der Waals surface area contributed by atoms with Gasteiger partial charge in [0.2, 0.25) is 0 Å². The summed E-state index contributed by atoms with van der Waals surface area (Å²) in [6.07, 6.45) is 20.8. The van der Waals surface area contributed by atoms with Crippen LogP contribution in [0.2, 0.25) is 0 Å². The summed E-state index contributed by atoms with van der Waals surface area (Å²) < 4.78 is 4.65. The lowest BCUT2D eigenvalue weighted by molar-refractivity contribution is -0.156. The van der Waals surface area contributed by atoms with E-state index < -0.39 is 11.9 Å². The maximum absolute atomic E-state index is 11.5. The summed E-state index contributed by atoms with van der Waals surface area (Å²) >= 11 is 0. The molecule has 0 saturated heterocycles. The first-order chi connectivity index (χ1) is 12.6. The van der Waals surface area contributed by atoms with Gasteiger partial charge in [-0.25, -0.2) is 4.79 Å². The van der Waals surface area contributed by atoms with Crippen LogP contribution in [0.3, 0.4) is 0 Å². The second kappa shape index (κ2) is 18.5. The van der Waals surface area contributed by atoms with Crippen molar-refractivity contribution in [1.29, 1.82) is 0 Å². The van der Waals surface area contributed by atoms with Crippen LogP contribution in [0.15, 0.2) is 11.8 Å². The van der Waals surface area contributed by atoms with E-state index in [0.29, 0.717) is 12.1 Å². The molecule has 0 aromatic heterocycles. The minimum Gasteiger partial charge on any atom is -0.402 e. The first kappa shape index (κ1) is 24.7. The SMILES string of the molecule is CCCCCCCCCCCCCCCCCC(=O)OC(=O)/C=C(/C)N. The van der Waals surface area contributed by atoms with Gasteiger partial charge in [0.15, 0.2) is 0 Å². The number of carbonyl (C=O) groups excluding carboxylic acids is 2. The Morgan fingerprint density at radius 1 is 0.731 bits per heavy atom. The molecule has 0 aromatic rings. The second-order valence-corrected chi connectivity index (χ2v) is 7.38. The maximum atomic E-state index is 11.5. The van der Waals surface area contributed by atoms with Crippen LogP contribution in [-0.4, -0.2) is 11.9 Å². The van der Waals surface area contributed by atoms with Crippen molar-refractivity contribution >= 4 is 11.9 Å². The van der Waals surface area contributed by atoms with E-state index in [1.807, 2.05) is 0 Å². The van der Waals surface area contributed by atoms with Crippen LogP contribution >= 0.6 is 0 Å². The molecule has 0 atom stereocenters. The minimum atomic E-state index is -0.670. The first-order valence-corrected chi connectivity index (χ1v) is 10.7. The zero-order chi connectivity index (χ0) is 19.5. The van der Waals surface area contributed by atoms with Crippen molar-refractivity contribution < 1.29 is 14.3 Å². The highest BCUT2D eigenvalue weighted by molar-refractivity contribution is 5.92. The van der Waals surface area contributed by atoms with Gasteiger partial charge in [-0.2, -0.15) is 0 Å². The van der Waals surface area contributed by atoms with Crippen molar-refractivity contribution in [3.63, 3.8) is 0 Å². The standard InChI is InChI=1S/C22H41NO3/c1-3-4-5-6-7-8-9-10-11-12-13-14-15-16-17-18-21(24)26-22(25)19-20(2)23/h19H,3-18,23H2,1-2H3/b20-19-. The summed E-state index contributed by atoms with van der Waals surface area (Å²) in [4.78, 5) is 22.7. The normalized spacial score (nSPS) is 11.5. The Kier molecular flexibility index (Phi) is 17.5. The van der Waals surface area contributed by atoms with Gasteiger partial charge in [0.05, 0.1) is 0 Å². The molecule has 0 heterocycles. The Bertz CT molecular complexity index is 387. The Hall–Kier alpha value is -1.32. The third-order valence-corrected chi connectivity index (χ3v) is 4.54. The molecule has 0 aromatic carbocycles. The quantitative estimate of drug-likeness (QED) is 0.144. The van der Waals surface area contributed by atoms with Crippen LogP contribution in [0.25, 0.3) is 0 Å². The Labute approximate surface area is 160 Å². The van der Waals surface area contributed by atoms with Gasteiger partial charge in [-0.15, -0.1) is 0 Å². The highest BCUT2D eigenvalue weighted by Crippen LogP contribution is 2.13. The summed E-state index contributed by atoms with van der Waals surface area (Å²) in [7, 11) is 0. The maximum Gasteiger partial charge on any atom is 0.340 e. The predicted molar refractivity (Wildman–Crippen MR) is 109 cm³/mol. The van der Waals surface area contributed by atoms with Crippen molar-refractivity contribution in [3.05, 3.63) is 11.8 Å². The van der Waals surface area contributed by atoms with E-state index in [4.69, 9.17) is 5.73 Å². The number of esters is 2. The molecular weight excluding hydrogens is 326 g/mol. The number of nitrogens with two attached hydrogens (primary N) is 1. The van der Waals surface area contributed by atoms with Gasteiger partial charge in [-0.3, -0.25) is 4.79 Å². The molecule has 0 spiro atoms. The van der Waals surface area contributed by atoms with Gasteiger partial charge < -0.3 is 10.5 Å². The molecule has 2 N–H and O–H groups in total. The summed E-state index contributed by atoms with van der Waals surface area (Å²) in [6.45, 7) is 3.85. The Morgan fingerprint density at radius 3 is 1.50 bits per heavy atom. The molecule has 0 unspecified atom stereocenters. The van der Waals surface area contributed by atoms with Crippen LogP contribution in [0, 0.1) is 0 Å². The van der Waals surface area contributed by atoms with E-state index in [9.17, 15) is 9.59 Å². The zero-order valence-electron chi connectivity index (χ0n) is 17.2. The molecule has 0 aliphatic carbocycles. The first-order valence-electron chi connectivity index (χ1n) is 10.7. The molecule has 26 heavy (non-hydrogen) atoms.